The van der Waals surface area contributed by atoms with Crippen LogP contribution < -0.4 is 9.47 Å². The van der Waals surface area contributed by atoms with Crippen LogP contribution in [0.4, 0.5) is 0 Å². The lowest BCUT2D eigenvalue weighted by Crippen LogP contribution is -2.02. The lowest BCUT2D eigenvalue weighted by Gasteiger charge is -2.12. The molecule has 1 aromatic carbocycles. The van der Waals surface area contributed by atoms with Crippen LogP contribution in [0.5, 0.6) is 11.5 Å². The second kappa shape index (κ2) is 6.55. The molecule has 0 bridgehead atoms. The first-order valence-electron chi connectivity index (χ1n) is 4.82. The summed E-state index contributed by atoms with van der Waals surface area (Å²) in [7, 11) is 3.22. The molecule has 0 atom stereocenters. The van der Waals surface area contributed by atoms with Crippen LogP contribution in [0.1, 0.15) is 5.56 Å². The van der Waals surface area contributed by atoms with Gasteiger partial charge in [-0.25, -0.2) is 0 Å². The number of hydrogen-bond acceptors (Lipinski definition) is 3. The number of ether oxygens (including phenoxy) is 3. The molecule has 16 heavy (non-hydrogen) atoms. The van der Waals surface area contributed by atoms with E-state index in [1.54, 1.807) is 14.2 Å². The lowest BCUT2D eigenvalue weighted by molar-refractivity contribution is 0.0504. The van der Waals surface area contributed by atoms with Crippen molar-refractivity contribution in [3.8, 4) is 11.5 Å². The molecule has 3 nitrogen and oxygen atoms in total. The molecule has 0 amide bonds. The lowest BCUT2D eigenvalue weighted by atomic mass is 10.1. The van der Waals surface area contributed by atoms with Crippen molar-refractivity contribution in [1.82, 2.24) is 0 Å². The summed E-state index contributed by atoms with van der Waals surface area (Å²) in [5, 5.41) is 0. The zero-order valence-corrected chi connectivity index (χ0v) is 11.0. The molecule has 0 aliphatic rings. The van der Waals surface area contributed by atoms with Gasteiger partial charge in [0.25, 0.3) is 0 Å². The third-order valence-electron chi connectivity index (χ3n) is 2.03. The standard InChI is InChI=1S/C12H15BrO3/c1-4-5-9-6-12(15-3)10(13)7-11(9)16-8-14-2/h4,6-7H,1,5,8H2,2-3H3. The van der Waals surface area contributed by atoms with Gasteiger partial charge in [-0.1, -0.05) is 6.08 Å². The van der Waals surface area contributed by atoms with E-state index in [0.717, 1.165) is 28.0 Å². The summed E-state index contributed by atoms with van der Waals surface area (Å²) < 4.78 is 16.4. The molecule has 0 saturated heterocycles. The van der Waals surface area contributed by atoms with Gasteiger partial charge in [0.05, 0.1) is 11.6 Å². The first-order chi connectivity index (χ1) is 7.72. The summed E-state index contributed by atoms with van der Waals surface area (Å²) in [5.41, 5.74) is 1.02. The Hall–Kier alpha value is -1.00. The van der Waals surface area contributed by atoms with Crippen LogP contribution in [0.2, 0.25) is 0 Å². The van der Waals surface area contributed by atoms with E-state index in [9.17, 15) is 0 Å². The molecule has 1 aromatic rings. The summed E-state index contributed by atoms with van der Waals surface area (Å²) in [6.45, 7) is 3.94. The quantitative estimate of drug-likeness (QED) is 0.594. The second-order valence-corrected chi connectivity index (χ2v) is 3.99. The molecule has 4 heteroatoms. The predicted octanol–water partition coefficient (Wildman–Crippen LogP) is 3.17. The Morgan fingerprint density at radius 1 is 1.31 bits per heavy atom. The maximum atomic E-state index is 5.46. The van der Waals surface area contributed by atoms with E-state index in [-0.39, 0.29) is 6.79 Å². The van der Waals surface area contributed by atoms with Crippen LogP contribution in [-0.2, 0) is 11.2 Å². The fourth-order valence-electron chi connectivity index (χ4n) is 1.31. The molecule has 0 N–H and O–H groups in total. The number of hydrogen-bond donors (Lipinski definition) is 0. The van der Waals surface area contributed by atoms with Gasteiger partial charge in [0.2, 0.25) is 0 Å². The van der Waals surface area contributed by atoms with Crippen molar-refractivity contribution in [2.75, 3.05) is 21.0 Å². The van der Waals surface area contributed by atoms with Crippen molar-refractivity contribution < 1.29 is 14.2 Å². The maximum absolute atomic E-state index is 5.46. The smallest absolute Gasteiger partial charge is 0.188 e. The number of methoxy groups -OCH3 is 2. The first-order valence-corrected chi connectivity index (χ1v) is 5.61. The van der Waals surface area contributed by atoms with Crippen LogP contribution in [0.3, 0.4) is 0 Å². The van der Waals surface area contributed by atoms with Gasteiger partial charge in [0.1, 0.15) is 11.5 Å². The van der Waals surface area contributed by atoms with Crippen molar-refractivity contribution in [3.63, 3.8) is 0 Å². The Morgan fingerprint density at radius 2 is 2.06 bits per heavy atom. The molecule has 1 rings (SSSR count). The van der Waals surface area contributed by atoms with Crippen molar-refractivity contribution >= 4 is 15.9 Å². The Bertz CT molecular complexity index is 364. The van der Waals surface area contributed by atoms with Crippen LogP contribution >= 0.6 is 15.9 Å². The van der Waals surface area contributed by atoms with E-state index < -0.39 is 0 Å². The van der Waals surface area contributed by atoms with Crippen molar-refractivity contribution in [2.24, 2.45) is 0 Å². The van der Waals surface area contributed by atoms with Crippen molar-refractivity contribution in [2.45, 2.75) is 6.42 Å². The largest absolute Gasteiger partial charge is 0.496 e. The Balaban J connectivity index is 3.03. The Labute approximate surface area is 104 Å². The monoisotopic (exact) mass is 286 g/mol. The Kier molecular flexibility index (Phi) is 5.35. The van der Waals surface area contributed by atoms with Gasteiger partial charge in [-0.2, -0.15) is 0 Å². The van der Waals surface area contributed by atoms with Gasteiger partial charge in [0.15, 0.2) is 6.79 Å². The summed E-state index contributed by atoms with van der Waals surface area (Å²) in [6, 6.07) is 3.80. The summed E-state index contributed by atoms with van der Waals surface area (Å²) in [6.07, 6.45) is 2.55. The minimum Gasteiger partial charge on any atom is -0.496 e. The topological polar surface area (TPSA) is 27.7 Å². The highest BCUT2D eigenvalue weighted by molar-refractivity contribution is 9.10. The average Bonchev–Trinajstić information content (AvgIpc) is 2.29. The van der Waals surface area contributed by atoms with Gasteiger partial charge in [-0.15, -0.1) is 6.58 Å². The van der Waals surface area contributed by atoms with E-state index in [2.05, 4.69) is 22.5 Å². The summed E-state index contributed by atoms with van der Waals surface area (Å²) in [4.78, 5) is 0. The summed E-state index contributed by atoms with van der Waals surface area (Å²) in [5.74, 6) is 1.55. The van der Waals surface area contributed by atoms with Crippen molar-refractivity contribution in [3.05, 3.63) is 34.8 Å². The molecule has 88 valence electrons. The van der Waals surface area contributed by atoms with Gasteiger partial charge >= 0.3 is 0 Å². The number of allylic oxidation sites excluding steroid dienone is 1. The van der Waals surface area contributed by atoms with E-state index in [0.29, 0.717) is 0 Å². The number of halogens is 1. The minimum atomic E-state index is 0.225. The first kappa shape index (κ1) is 13.1. The molecular weight excluding hydrogens is 272 g/mol. The highest BCUT2D eigenvalue weighted by atomic mass is 79.9. The fourth-order valence-corrected chi connectivity index (χ4v) is 1.79. The molecule has 0 fully saturated rings. The molecule has 0 spiro atoms. The van der Waals surface area contributed by atoms with Gasteiger partial charge in [0, 0.05) is 12.7 Å². The molecule has 0 heterocycles. The third kappa shape index (κ3) is 3.25. The van der Waals surface area contributed by atoms with Crippen LogP contribution in [0.25, 0.3) is 0 Å². The number of benzene rings is 1. The van der Waals surface area contributed by atoms with E-state index in [1.807, 2.05) is 18.2 Å². The highest BCUT2D eigenvalue weighted by Gasteiger charge is 2.09. The van der Waals surface area contributed by atoms with Gasteiger partial charge in [-0.05, 0) is 34.5 Å². The van der Waals surface area contributed by atoms with Gasteiger partial charge < -0.3 is 14.2 Å². The average molecular weight is 287 g/mol. The Morgan fingerprint density at radius 3 is 2.62 bits per heavy atom. The molecule has 0 aromatic heterocycles. The van der Waals surface area contributed by atoms with Crippen LogP contribution in [0.15, 0.2) is 29.3 Å². The zero-order valence-electron chi connectivity index (χ0n) is 9.46. The molecular formula is C12H15BrO3. The van der Waals surface area contributed by atoms with Crippen molar-refractivity contribution in [1.29, 1.82) is 0 Å². The van der Waals surface area contributed by atoms with E-state index >= 15 is 0 Å². The van der Waals surface area contributed by atoms with E-state index in [1.165, 1.54) is 0 Å². The fraction of sp³-hybridized carbons (Fsp3) is 0.333. The molecule has 0 radical (unpaired) electrons. The second-order valence-electron chi connectivity index (χ2n) is 3.14. The molecule has 0 aliphatic carbocycles. The minimum absolute atomic E-state index is 0.225. The normalized spacial score (nSPS) is 9.94. The maximum Gasteiger partial charge on any atom is 0.188 e. The van der Waals surface area contributed by atoms with E-state index in [4.69, 9.17) is 14.2 Å². The van der Waals surface area contributed by atoms with Crippen LogP contribution in [0, 0.1) is 0 Å². The number of rotatable bonds is 6. The van der Waals surface area contributed by atoms with Crippen LogP contribution in [-0.4, -0.2) is 21.0 Å². The zero-order chi connectivity index (χ0) is 12.0. The van der Waals surface area contributed by atoms with Gasteiger partial charge in [-0.3, -0.25) is 0 Å². The SMILES string of the molecule is C=CCc1cc(OC)c(Br)cc1OCOC. The molecule has 0 saturated carbocycles. The third-order valence-corrected chi connectivity index (χ3v) is 2.65. The predicted molar refractivity (Wildman–Crippen MR) is 67.1 cm³/mol. The molecule has 0 unspecified atom stereocenters. The molecule has 0 aliphatic heterocycles. The summed E-state index contributed by atoms with van der Waals surface area (Å²) >= 11 is 3.41. The highest BCUT2D eigenvalue weighted by Crippen LogP contribution is 2.33.